The van der Waals surface area contributed by atoms with E-state index in [0.29, 0.717) is 0 Å². The lowest BCUT2D eigenvalue weighted by Gasteiger charge is -2.09. The summed E-state index contributed by atoms with van der Waals surface area (Å²) >= 11 is 0. The van der Waals surface area contributed by atoms with Crippen molar-refractivity contribution in [3.63, 3.8) is 0 Å². The monoisotopic (exact) mass is 292 g/mol. The SMILES string of the molecule is O=C(C=Cc1ccccc1C(F)(F)F)c1ccccc1O. The van der Waals surface area contributed by atoms with Crippen molar-refractivity contribution in [2.75, 3.05) is 0 Å². The lowest BCUT2D eigenvalue weighted by molar-refractivity contribution is -0.137. The van der Waals surface area contributed by atoms with Crippen LogP contribution in [0, 0.1) is 0 Å². The van der Waals surface area contributed by atoms with Gasteiger partial charge in [0.25, 0.3) is 0 Å². The van der Waals surface area contributed by atoms with Crippen LogP contribution in [0.5, 0.6) is 5.75 Å². The quantitative estimate of drug-likeness (QED) is 0.676. The lowest BCUT2D eigenvalue weighted by atomic mass is 10.0. The molecular formula is C16H11F3O2. The molecule has 2 rings (SSSR count). The van der Waals surface area contributed by atoms with E-state index in [1.54, 1.807) is 12.1 Å². The van der Waals surface area contributed by atoms with Gasteiger partial charge in [0.15, 0.2) is 5.78 Å². The summed E-state index contributed by atoms with van der Waals surface area (Å²) in [4.78, 5) is 11.9. The van der Waals surface area contributed by atoms with Gasteiger partial charge in [-0.15, -0.1) is 0 Å². The standard InChI is InChI=1S/C16H11F3O2/c17-16(18,19)13-7-3-1-5-11(13)9-10-15(21)12-6-2-4-8-14(12)20/h1-10,20H. The number of carbonyl (C=O) groups excluding carboxylic acids is 1. The van der Waals surface area contributed by atoms with Crippen LogP contribution in [0.4, 0.5) is 13.2 Å². The molecule has 1 N–H and O–H groups in total. The van der Waals surface area contributed by atoms with E-state index >= 15 is 0 Å². The number of hydrogen-bond donors (Lipinski definition) is 1. The Labute approximate surface area is 119 Å². The van der Waals surface area contributed by atoms with E-state index in [-0.39, 0.29) is 16.9 Å². The maximum atomic E-state index is 12.8. The molecule has 0 aromatic heterocycles. The van der Waals surface area contributed by atoms with Crippen molar-refractivity contribution in [1.82, 2.24) is 0 Å². The summed E-state index contributed by atoms with van der Waals surface area (Å²) in [6, 6.07) is 10.8. The zero-order valence-electron chi connectivity index (χ0n) is 10.8. The smallest absolute Gasteiger partial charge is 0.416 e. The van der Waals surface area contributed by atoms with Crippen molar-refractivity contribution < 1.29 is 23.1 Å². The van der Waals surface area contributed by atoms with Crippen molar-refractivity contribution in [3.05, 3.63) is 71.3 Å². The molecule has 0 fully saturated rings. The number of para-hydroxylation sites is 1. The average molecular weight is 292 g/mol. The number of hydrogen-bond acceptors (Lipinski definition) is 2. The molecule has 2 nitrogen and oxygen atoms in total. The predicted molar refractivity (Wildman–Crippen MR) is 72.9 cm³/mol. The van der Waals surface area contributed by atoms with Crippen LogP contribution in [0.3, 0.4) is 0 Å². The highest BCUT2D eigenvalue weighted by Crippen LogP contribution is 2.32. The summed E-state index contributed by atoms with van der Waals surface area (Å²) in [5.41, 5.74) is -0.877. The second-order valence-electron chi connectivity index (χ2n) is 4.30. The molecule has 0 atom stereocenters. The Morgan fingerprint density at radius 2 is 1.62 bits per heavy atom. The molecule has 0 aliphatic heterocycles. The average Bonchev–Trinajstić information content (AvgIpc) is 2.44. The minimum absolute atomic E-state index is 0.0400. The Morgan fingerprint density at radius 3 is 2.29 bits per heavy atom. The zero-order chi connectivity index (χ0) is 15.5. The second kappa shape index (κ2) is 5.83. The van der Waals surface area contributed by atoms with Crippen molar-refractivity contribution >= 4 is 11.9 Å². The van der Waals surface area contributed by atoms with Gasteiger partial charge in [0.05, 0.1) is 11.1 Å². The molecule has 0 aliphatic carbocycles. The summed E-state index contributed by atoms with van der Waals surface area (Å²) in [6.45, 7) is 0. The summed E-state index contributed by atoms with van der Waals surface area (Å²) < 4.78 is 38.4. The molecule has 0 unspecified atom stereocenters. The highest BCUT2D eigenvalue weighted by Gasteiger charge is 2.32. The number of halogens is 3. The molecule has 0 aliphatic rings. The molecule has 0 amide bonds. The first-order valence-corrected chi connectivity index (χ1v) is 6.06. The van der Waals surface area contributed by atoms with Gasteiger partial charge < -0.3 is 5.11 Å². The topological polar surface area (TPSA) is 37.3 Å². The van der Waals surface area contributed by atoms with E-state index in [2.05, 4.69) is 0 Å². The molecule has 0 saturated carbocycles. The number of phenolic OH excluding ortho intramolecular Hbond substituents is 1. The van der Waals surface area contributed by atoms with Crippen LogP contribution in [-0.4, -0.2) is 10.9 Å². The van der Waals surface area contributed by atoms with Gasteiger partial charge in [0.1, 0.15) is 5.75 Å². The van der Waals surface area contributed by atoms with Gasteiger partial charge in [0.2, 0.25) is 0 Å². The Hall–Kier alpha value is -2.56. The fraction of sp³-hybridized carbons (Fsp3) is 0.0625. The van der Waals surface area contributed by atoms with Gasteiger partial charge in [-0.2, -0.15) is 13.2 Å². The third-order valence-electron chi connectivity index (χ3n) is 2.85. The maximum absolute atomic E-state index is 12.8. The molecule has 0 radical (unpaired) electrons. The van der Waals surface area contributed by atoms with E-state index in [9.17, 15) is 23.1 Å². The van der Waals surface area contributed by atoms with E-state index in [1.807, 2.05) is 0 Å². The first-order chi connectivity index (χ1) is 9.89. The minimum atomic E-state index is -4.49. The number of rotatable bonds is 3. The minimum Gasteiger partial charge on any atom is -0.507 e. The van der Waals surface area contributed by atoms with Crippen LogP contribution < -0.4 is 0 Å². The number of alkyl halides is 3. The van der Waals surface area contributed by atoms with Crippen molar-refractivity contribution in [3.8, 4) is 5.75 Å². The highest BCUT2D eigenvalue weighted by molar-refractivity contribution is 6.08. The molecule has 0 heterocycles. The van der Waals surface area contributed by atoms with Crippen LogP contribution in [0.15, 0.2) is 54.6 Å². The fourth-order valence-electron chi connectivity index (χ4n) is 1.84. The number of benzene rings is 2. The number of ketones is 1. The largest absolute Gasteiger partial charge is 0.507 e. The number of aromatic hydroxyl groups is 1. The van der Waals surface area contributed by atoms with Crippen molar-refractivity contribution in [1.29, 1.82) is 0 Å². The van der Waals surface area contributed by atoms with Crippen LogP contribution in [0.2, 0.25) is 0 Å². The van der Waals surface area contributed by atoms with Gasteiger partial charge in [-0.1, -0.05) is 36.4 Å². The van der Waals surface area contributed by atoms with Gasteiger partial charge in [-0.3, -0.25) is 4.79 Å². The number of phenols is 1. The van der Waals surface area contributed by atoms with E-state index in [1.165, 1.54) is 30.3 Å². The van der Waals surface area contributed by atoms with Crippen LogP contribution >= 0.6 is 0 Å². The number of allylic oxidation sites excluding steroid dienone is 1. The molecule has 2 aromatic rings. The first kappa shape index (κ1) is 14.8. The first-order valence-electron chi connectivity index (χ1n) is 6.06. The molecule has 0 bridgehead atoms. The molecule has 108 valence electrons. The van der Waals surface area contributed by atoms with E-state index in [0.717, 1.165) is 18.2 Å². The van der Waals surface area contributed by atoms with Crippen LogP contribution in [-0.2, 0) is 6.18 Å². The summed E-state index contributed by atoms with van der Waals surface area (Å²) in [5.74, 6) is -0.777. The maximum Gasteiger partial charge on any atom is 0.416 e. The normalized spacial score (nSPS) is 11.8. The summed E-state index contributed by atoms with van der Waals surface area (Å²) in [6.07, 6.45) is -2.38. The second-order valence-corrected chi connectivity index (χ2v) is 4.30. The number of carbonyl (C=O) groups is 1. The van der Waals surface area contributed by atoms with E-state index in [4.69, 9.17) is 0 Å². The van der Waals surface area contributed by atoms with Gasteiger partial charge in [-0.25, -0.2) is 0 Å². The van der Waals surface area contributed by atoms with Crippen LogP contribution in [0.25, 0.3) is 6.08 Å². The lowest BCUT2D eigenvalue weighted by Crippen LogP contribution is -2.07. The fourth-order valence-corrected chi connectivity index (χ4v) is 1.84. The predicted octanol–water partition coefficient (Wildman–Crippen LogP) is 4.31. The summed E-state index contributed by atoms with van der Waals surface area (Å²) in [5, 5.41) is 9.53. The molecule has 2 aromatic carbocycles. The molecular weight excluding hydrogens is 281 g/mol. The molecule has 0 saturated heterocycles. The van der Waals surface area contributed by atoms with Gasteiger partial charge in [-0.05, 0) is 29.8 Å². The van der Waals surface area contributed by atoms with Gasteiger partial charge >= 0.3 is 6.18 Å². The van der Waals surface area contributed by atoms with Gasteiger partial charge in [0, 0.05) is 0 Å². The third-order valence-corrected chi connectivity index (χ3v) is 2.85. The molecule has 0 spiro atoms. The third kappa shape index (κ3) is 3.51. The van der Waals surface area contributed by atoms with E-state index < -0.39 is 17.5 Å². The Morgan fingerprint density at radius 1 is 1.00 bits per heavy atom. The highest BCUT2D eigenvalue weighted by atomic mass is 19.4. The Kier molecular flexibility index (Phi) is 4.12. The van der Waals surface area contributed by atoms with Crippen molar-refractivity contribution in [2.45, 2.75) is 6.18 Å². The van der Waals surface area contributed by atoms with Crippen molar-refractivity contribution in [2.24, 2.45) is 0 Å². The molecule has 21 heavy (non-hydrogen) atoms. The Bertz CT molecular complexity index is 688. The zero-order valence-corrected chi connectivity index (χ0v) is 10.8. The van der Waals surface area contributed by atoms with Crippen LogP contribution in [0.1, 0.15) is 21.5 Å². The Balaban J connectivity index is 2.31. The summed E-state index contributed by atoms with van der Waals surface area (Å²) in [7, 11) is 0. The molecule has 5 heteroatoms.